The van der Waals surface area contributed by atoms with E-state index >= 15 is 0 Å². The molecule has 1 atom stereocenters. The smallest absolute Gasteiger partial charge is 0.115 e. The van der Waals surface area contributed by atoms with Crippen molar-refractivity contribution in [3.63, 3.8) is 0 Å². The van der Waals surface area contributed by atoms with E-state index in [0.717, 1.165) is 32.1 Å². The zero-order chi connectivity index (χ0) is 13.9. The predicted molar refractivity (Wildman–Crippen MR) is 81.4 cm³/mol. The van der Waals surface area contributed by atoms with Gasteiger partial charge in [0.1, 0.15) is 5.75 Å². The normalized spacial score (nSPS) is 23.6. The molecular formula is C18H22O2. The molecule has 2 aliphatic carbocycles. The highest BCUT2D eigenvalue weighted by atomic mass is 16.3. The Morgan fingerprint density at radius 2 is 1.60 bits per heavy atom. The molecule has 106 valence electrons. The number of aromatic hydroxyl groups is 1. The van der Waals surface area contributed by atoms with Gasteiger partial charge in [0.15, 0.2) is 0 Å². The summed E-state index contributed by atoms with van der Waals surface area (Å²) in [5.74, 6) is 0.326. The fourth-order valence-electron chi connectivity index (χ4n) is 3.34. The second kappa shape index (κ2) is 5.84. The quantitative estimate of drug-likeness (QED) is 0.846. The number of phenols is 1. The van der Waals surface area contributed by atoms with Crippen molar-refractivity contribution in [2.75, 3.05) is 0 Å². The molecule has 0 fully saturated rings. The summed E-state index contributed by atoms with van der Waals surface area (Å²) in [6, 6.07) is 7.59. The number of rotatable bonds is 2. The Kier molecular flexibility index (Phi) is 3.93. The molecule has 1 aromatic rings. The zero-order valence-corrected chi connectivity index (χ0v) is 11.8. The SMILES string of the molecule is Oc1ccc(C2=C(C3=CCC(O)CC3)CCCC2)cc1. The Balaban J connectivity index is 1.97. The summed E-state index contributed by atoms with van der Waals surface area (Å²) in [6.45, 7) is 0. The first kappa shape index (κ1) is 13.4. The van der Waals surface area contributed by atoms with E-state index in [0.29, 0.717) is 5.75 Å². The van der Waals surface area contributed by atoms with E-state index in [2.05, 4.69) is 6.08 Å². The van der Waals surface area contributed by atoms with Crippen LogP contribution in [0.2, 0.25) is 0 Å². The molecule has 0 amide bonds. The first-order valence-electron chi connectivity index (χ1n) is 7.63. The number of hydrogen-bond donors (Lipinski definition) is 2. The van der Waals surface area contributed by atoms with Crippen molar-refractivity contribution in [3.8, 4) is 5.75 Å². The maximum atomic E-state index is 9.65. The zero-order valence-electron chi connectivity index (χ0n) is 11.8. The van der Waals surface area contributed by atoms with Gasteiger partial charge in [0.05, 0.1) is 6.10 Å². The second-order valence-corrected chi connectivity index (χ2v) is 5.87. The van der Waals surface area contributed by atoms with Crippen molar-refractivity contribution < 1.29 is 10.2 Å². The van der Waals surface area contributed by atoms with Crippen LogP contribution in [-0.4, -0.2) is 16.3 Å². The average molecular weight is 270 g/mol. The Morgan fingerprint density at radius 3 is 2.25 bits per heavy atom. The number of benzene rings is 1. The molecule has 20 heavy (non-hydrogen) atoms. The molecule has 2 heteroatoms. The van der Waals surface area contributed by atoms with Crippen LogP contribution in [0.3, 0.4) is 0 Å². The van der Waals surface area contributed by atoms with Crippen molar-refractivity contribution in [2.24, 2.45) is 0 Å². The molecule has 0 bridgehead atoms. The number of aliphatic hydroxyl groups excluding tert-OH is 1. The van der Waals surface area contributed by atoms with Gasteiger partial charge in [0.25, 0.3) is 0 Å². The lowest BCUT2D eigenvalue weighted by molar-refractivity contribution is 0.163. The molecule has 0 heterocycles. The molecule has 0 radical (unpaired) electrons. The first-order chi connectivity index (χ1) is 9.74. The maximum Gasteiger partial charge on any atom is 0.115 e. The Hall–Kier alpha value is -1.54. The van der Waals surface area contributed by atoms with Gasteiger partial charge in [-0.1, -0.05) is 18.2 Å². The molecular weight excluding hydrogens is 248 g/mol. The average Bonchev–Trinajstić information content (AvgIpc) is 2.49. The van der Waals surface area contributed by atoms with Crippen molar-refractivity contribution in [2.45, 2.75) is 51.0 Å². The highest BCUT2D eigenvalue weighted by molar-refractivity contribution is 5.73. The van der Waals surface area contributed by atoms with E-state index in [-0.39, 0.29) is 6.10 Å². The third kappa shape index (κ3) is 2.80. The van der Waals surface area contributed by atoms with E-state index in [1.165, 1.54) is 35.1 Å². The van der Waals surface area contributed by atoms with Crippen LogP contribution in [0.4, 0.5) is 0 Å². The van der Waals surface area contributed by atoms with Crippen molar-refractivity contribution in [1.29, 1.82) is 0 Å². The number of allylic oxidation sites excluding steroid dienone is 3. The third-order valence-corrected chi connectivity index (χ3v) is 4.45. The van der Waals surface area contributed by atoms with Crippen molar-refractivity contribution in [3.05, 3.63) is 47.1 Å². The molecule has 0 aliphatic heterocycles. The Labute approximate surface area is 120 Å². The molecule has 0 aromatic heterocycles. The second-order valence-electron chi connectivity index (χ2n) is 5.87. The summed E-state index contributed by atoms with van der Waals surface area (Å²) in [7, 11) is 0. The minimum Gasteiger partial charge on any atom is -0.508 e. The highest BCUT2D eigenvalue weighted by Gasteiger charge is 2.20. The van der Waals surface area contributed by atoms with E-state index in [9.17, 15) is 10.2 Å². The molecule has 0 spiro atoms. The molecule has 0 saturated heterocycles. The largest absolute Gasteiger partial charge is 0.508 e. The van der Waals surface area contributed by atoms with Gasteiger partial charge in [-0.2, -0.15) is 0 Å². The van der Waals surface area contributed by atoms with Crippen LogP contribution in [0.15, 0.2) is 41.5 Å². The predicted octanol–water partition coefficient (Wildman–Crippen LogP) is 4.19. The third-order valence-electron chi connectivity index (χ3n) is 4.45. The van der Waals surface area contributed by atoms with Gasteiger partial charge in [-0.3, -0.25) is 0 Å². The van der Waals surface area contributed by atoms with E-state index < -0.39 is 0 Å². The lowest BCUT2D eigenvalue weighted by Crippen LogP contribution is -2.12. The van der Waals surface area contributed by atoms with Gasteiger partial charge in [-0.25, -0.2) is 0 Å². The number of phenolic OH excluding ortho intramolecular Hbond substituents is 1. The molecule has 3 rings (SSSR count). The fourth-order valence-corrected chi connectivity index (χ4v) is 3.34. The van der Waals surface area contributed by atoms with Gasteiger partial charge in [-0.15, -0.1) is 0 Å². The molecule has 2 nitrogen and oxygen atoms in total. The number of hydrogen-bond acceptors (Lipinski definition) is 2. The van der Waals surface area contributed by atoms with E-state index in [1.54, 1.807) is 12.1 Å². The maximum absolute atomic E-state index is 9.65. The van der Waals surface area contributed by atoms with Crippen LogP contribution in [0.25, 0.3) is 5.57 Å². The minimum atomic E-state index is -0.153. The molecule has 2 N–H and O–H groups in total. The van der Waals surface area contributed by atoms with E-state index in [1.807, 2.05) is 12.1 Å². The first-order valence-corrected chi connectivity index (χ1v) is 7.63. The van der Waals surface area contributed by atoms with Crippen molar-refractivity contribution >= 4 is 5.57 Å². The van der Waals surface area contributed by atoms with Gasteiger partial charge in [0, 0.05) is 0 Å². The molecule has 2 aliphatic rings. The summed E-state index contributed by atoms with van der Waals surface area (Å²) in [6.07, 6.45) is 9.54. The molecule has 1 unspecified atom stereocenters. The minimum absolute atomic E-state index is 0.153. The number of aliphatic hydroxyl groups is 1. The van der Waals surface area contributed by atoms with Gasteiger partial charge in [0.2, 0.25) is 0 Å². The van der Waals surface area contributed by atoms with Crippen LogP contribution < -0.4 is 0 Å². The summed E-state index contributed by atoms with van der Waals surface area (Å²) < 4.78 is 0. The highest BCUT2D eigenvalue weighted by Crippen LogP contribution is 2.39. The summed E-state index contributed by atoms with van der Waals surface area (Å²) >= 11 is 0. The summed E-state index contributed by atoms with van der Waals surface area (Å²) in [5, 5.41) is 19.1. The van der Waals surface area contributed by atoms with Crippen molar-refractivity contribution in [1.82, 2.24) is 0 Å². The summed E-state index contributed by atoms with van der Waals surface area (Å²) in [4.78, 5) is 0. The lowest BCUT2D eigenvalue weighted by Gasteiger charge is -2.26. The standard InChI is InChI=1S/C18H22O2/c19-15-9-5-13(6-10-15)17-3-1-2-4-18(17)14-7-11-16(20)12-8-14/h5-7,9-10,16,19-20H,1-4,8,11-12H2. The monoisotopic (exact) mass is 270 g/mol. The lowest BCUT2D eigenvalue weighted by atomic mass is 9.80. The fraction of sp³-hybridized carbons (Fsp3) is 0.444. The van der Waals surface area contributed by atoms with Crippen LogP contribution in [0, 0.1) is 0 Å². The Morgan fingerprint density at radius 1 is 0.900 bits per heavy atom. The van der Waals surface area contributed by atoms with Gasteiger partial charge < -0.3 is 10.2 Å². The summed E-state index contributed by atoms with van der Waals surface area (Å²) in [5.41, 5.74) is 5.62. The van der Waals surface area contributed by atoms with Gasteiger partial charge >= 0.3 is 0 Å². The van der Waals surface area contributed by atoms with Crippen LogP contribution >= 0.6 is 0 Å². The van der Waals surface area contributed by atoms with E-state index in [4.69, 9.17) is 0 Å². The molecule has 0 saturated carbocycles. The topological polar surface area (TPSA) is 40.5 Å². The van der Waals surface area contributed by atoms with Gasteiger partial charge in [-0.05, 0) is 79.4 Å². The van der Waals surface area contributed by atoms with Crippen LogP contribution in [-0.2, 0) is 0 Å². The molecule has 1 aromatic carbocycles. The van der Waals surface area contributed by atoms with Crippen LogP contribution in [0.1, 0.15) is 50.5 Å². The Bertz CT molecular complexity index is 537. The van der Waals surface area contributed by atoms with Crippen LogP contribution in [0.5, 0.6) is 5.75 Å².